The highest BCUT2D eigenvalue weighted by Gasteiger charge is 2.16. The molecule has 2 heterocycles. The van der Waals surface area contributed by atoms with E-state index in [4.69, 9.17) is 5.84 Å². The van der Waals surface area contributed by atoms with Gasteiger partial charge < -0.3 is 5.43 Å². The van der Waals surface area contributed by atoms with Crippen molar-refractivity contribution in [1.29, 1.82) is 0 Å². The van der Waals surface area contributed by atoms with E-state index in [9.17, 15) is 10.1 Å². The molecule has 9 heteroatoms. The van der Waals surface area contributed by atoms with Crippen molar-refractivity contribution in [1.82, 2.24) is 14.8 Å². The van der Waals surface area contributed by atoms with Crippen LogP contribution in [0, 0.1) is 24.0 Å². The summed E-state index contributed by atoms with van der Waals surface area (Å²) in [5.74, 6) is 5.79. The Bertz CT molecular complexity index is 654. The number of hydrogen-bond acceptors (Lipinski definition) is 6. The Morgan fingerprint density at radius 3 is 2.63 bits per heavy atom. The second-order valence-corrected chi connectivity index (χ2v) is 4.66. The summed E-state index contributed by atoms with van der Waals surface area (Å²) >= 11 is 3.39. The zero-order valence-electron chi connectivity index (χ0n) is 10.2. The molecule has 0 aliphatic carbocycles. The molecule has 0 fully saturated rings. The van der Waals surface area contributed by atoms with Gasteiger partial charge in [0.05, 0.1) is 32.9 Å². The summed E-state index contributed by atoms with van der Waals surface area (Å²) < 4.78 is 2.36. The molecular weight excluding hydrogens is 316 g/mol. The van der Waals surface area contributed by atoms with Crippen molar-refractivity contribution in [2.45, 2.75) is 13.8 Å². The first-order valence-electron chi connectivity index (χ1n) is 5.29. The van der Waals surface area contributed by atoms with Crippen LogP contribution in [0.1, 0.15) is 11.4 Å². The minimum atomic E-state index is -0.507. The van der Waals surface area contributed by atoms with Crippen LogP contribution in [-0.4, -0.2) is 19.7 Å². The molecule has 100 valence electrons. The first kappa shape index (κ1) is 13.4. The van der Waals surface area contributed by atoms with Gasteiger partial charge in [0.15, 0.2) is 5.82 Å². The van der Waals surface area contributed by atoms with E-state index in [1.54, 1.807) is 0 Å². The van der Waals surface area contributed by atoms with Crippen LogP contribution in [0.5, 0.6) is 0 Å². The van der Waals surface area contributed by atoms with Crippen LogP contribution in [-0.2, 0) is 0 Å². The van der Waals surface area contributed by atoms with Crippen LogP contribution in [0.4, 0.5) is 11.5 Å². The molecule has 0 aliphatic rings. The molecule has 0 saturated carbocycles. The molecule has 0 spiro atoms. The SMILES string of the molecule is Cc1nn(-c2cc([N+](=O)[O-])cc(NN)n2)c(C)c1Br. The molecule has 0 unspecified atom stereocenters. The van der Waals surface area contributed by atoms with Crippen LogP contribution in [0.3, 0.4) is 0 Å². The fourth-order valence-corrected chi connectivity index (χ4v) is 1.88. The fourth-order valence-electron chi connectivity index (χ4n) is 1.64. The molecule has 0 aliphatic heterocycles. The van der Waals surface area contributed by atoms with Gasteiger partial charge in [-0.2, -0.15) is 5.10 Å². The third-order valence-electron chi connectivity index (χ3n) is 2.58. The van der Waals surface area contributed by atoms with Crippen LogP contribution in [0.15, 0.2) is 16.6 Å². The Labute approximate surface area is 116 Å². The summed E-state index contributed by atoms with van der Waals surface area (Å²) in [5.41, 5.74) is 3.77. The van der Waals surface area contributed by atoms with E-state index in [2.05, 4.69) is 31.4 Å². The molecule has 2 aromatic heterocycles. The lowest BCUT2D eigenvalue weighted by atomic mass is 10.3. The van der Waals surface area contributed by atoms with Gasteiger partial charge in [-0.1, -0.05) is 0 Å². The molecule has 8 nitrogen and oxygen atoms in total. The number of pyridine rings is 1. The smallest absolute Gasteiger partial charge is 0.276 e. The average molecular weight is 327 g/mol. The van der Waals surface area contributed by atoms with Crippen molar-refractivity contribution < 1.29 is 4.92 Å². The molecule has 0 saturated heterocycles. The number of nitrogens with zero attached hydrogens (tertiary/aromatic N) is 4. The Kier molecular flexibility index (Phi) is 3.49. The summed E-state index contributed by atoms with van der Waals surface area (Å²) in [6, 6.07) is 2.59. The Morgan fingerprint density at radius 2 is 2.16 bits per heavy atom. The fraction of sp³-hybridized carbons (Fsp3) is 0.200. The minimum absolute atomic E-state index is 0.110. The summed E-state index contributed by atoms with van der Waals surface area (Å²) in [6.45, 7) is 3.66. The van der Waals surface area contributed by atoms with E-state index in [0.29, 0.717) is 5.82 Å². The van der Waals surface area contributed by atoms with Gasteiger partial charge in [0, 0.05) is 0 Å². The Morgan fingerprint density at radius 1 is 1.47 bits per heavy atom. The highest BCUT2D eigenvalue weighted by Crippen LogP contribution is 2.25. The van der Waals surface area contributed by atoms with Gasteiger partial charge in [-0.05, 0) is 29.8 Å². The first-order valence-corrected chi connectivity index (χ1v) is 6.08. The molecule has 0 amide bonds. The topological polar surface area (TPSA) is 112 Å². The van der Waals surface area contributed by atoms with Crippen molar-refractivity contribution in [3.63, 3.8) is 0 Å². The van der Waals surface area contributed by atoms with E-state index >= 15 is 0 Å². The van der Waals surface area contributed by atoms with Gasteiger partial charge in [0.2, 0.25) is 0 Å². The average Bonchev–Trinajstić information content (AvgIpc) is 2.66. The van der Waals surface area contributed by atoms with E-state index in [1.165, 1.54) is 16.8 Å². The van der Waals surface area contributed by atoms with Crippen molar-refractivity contribution in [2.75, 3.05) is 5.43 Å². The zero-order chi connectivity index (χ0) is 14.2. The van der Waals surface area contributed by atoms with Gasteiger partial charge >= 0.3 is 0 Å². The number of nitro groups is 1. The minimum Gasteiger partial charge on any atom is -0.308 e. The monoisotopic (exact) mass is 326 g/mol. The van der Waals surface area contributed by atoms with Crippen LogP contribution < -0.4 is 11.3 Å². The van der Waals surface area contributed by atoms with Crippen molar-refractivity contribution in [2.24, 2.45) is 5.84 Å². The van der Waals surface area contributed by atoms with Gasteiger partial charge in [-0.3, -0.25) is 10.1 Å². The van der Waals surface area contributed by atoms with Gasteiger partial charge in [-0.15, -0.1) is 0 Å². The summed E-state index contributed by atoms with van der Waals surface area (Å²) in [6.07, 6.45) is 0. The van der Waals surface area contributed by atoms with Gasteiger partial charge in [-0.25, -0.2) is 15.5 Å². The van der Waals surface area contributed by atoms with Crippen LogP contribution >= 0.6 is 15.9 Å². The number of anilines is 1. The van der Waals surface area contributed by atoms with Crippen LogP contribution in [0.25, 0.3) is 5.82 Å². The predicted molar refractivity (Wildman–Crippen MR) is 73.0 cm³/mol. The maximum absolute atomic E-state index is 10.9. The lowest BCUT2D eigenvalue weighted by Crippen LogP contribution is -2.11. The molecule has 2 aromatic rings. The number of hydrazine groups is 1. The molecule has 3 N–H and O–H groups in total. The molecule has 0 bridgehead atoms. The highest BCUT2D eigenvalue weighted by atomic mass is 79.9. The van der Waals surface area contributed by atoms with Gasteiger partial charge in [0.25, 0.3) is 5.69 Å². The molecule has 0 atom stereocenters. The normalized spacial score (nSPS) is 10.5. The summed E-state index contributed by atoms with van der Waals surface area (Å²) in [4.78, 5) is 14.5. The number of halogens is 1. The molecule has 2 rings (SSSR count). The molecule has 0 aromatic carbocycles. The molecule has 0 radical (unpaired) electrons. The Balaban J connectivity index is 2.64. The molecule has 19 heavy (non-hydrogen) atoms. The van der Waals surface area contributed by atoms with E-state index < -0.39 is 4.92 Å². The number of nitrogens with two attached hydrogens (primary N) is 1. The quantitative estimate of drug-likeness (QED) is 0.505. The van der Waals surface area contributed by atoms with Crippen molar-refractivity contribution in [3.05, 3.63) is 38.1 Å². The maximum atomic E-state index is 10.9. The predicted octanol–water partition coefficient (Wildman–Crippen LogP) is 1.84. The first-order chi connectivity index (χ1) is 8.93. The number of aryl methyl sites for hydroxylation is 1. The lowest BCUT2D eigenvalue weighted by Gasteiger charge is -2.06. The molecular formula is C10H11BrN6O2. The van der Waals surface area contributed by atoms with Crippen LogP contribution in [0.2, 0.25) is 0 Å². The second kappa shape index (κ2) is 4.94. The zero-order valence-corrected chi connectivity index (χ0v) is 11.8. The summed E-state index contributed by atoms with van der Waals surface area (Å²) in [7, 11) is 0. The maximum Gasteiger partial charge on any atom is 0.276 e. The van der Waals surface area contributed by atoms with E-state index in [0.717, 1.165) is 15.9 Å². The van der Waals surface area contributed by atoms with Crippen molar-refractivity contribution in [3.8, 4) is 5.82 Å². The second-order valence-electron chi connectivity index (χ2n) is 3.87. The number of nitrogen functional groups attached to an aromatic ring is 1. The van der Waals surface area contributed by atoms with E-state index in [-0.39, 0.29) is 11.5 Å². The third kappa shape index (κ3) is 2.42. The van der Waals surface area contributed by atoms with E-state index in [1.807, 2.05) is 13.8 Å². The number of nitrogens with one attached hydrogen (secondary N) is 1. The van der Waals surface area contributed by atoms with Gasteiger partial charge in [0.1, 0.15) is 5.82 Å². The summed E-state index contributed by atoms with van der Waals surface area (Å²) in [5, 5.41) is 15.2. The number of hydrogen-bond donors (Lipinski definition) is 2. The number of aromatic nitrogens is 3. The Hall–Kier alpha value is -2.00. The highest BCUT2D eigenvalue weighted by molar-refractivity contribution is 9.10. The third-order valence-corrected chi connectivity index (χ3v) is 3.72. The number of rotatable bonds is 3. The standard InChI is InChI=1S/C10H11BrN6O2/c1-5-10(11)6(2)16(15-5)9-4-7(17(18)19)3-8(13-9)14-12/h3-4H,12H2,1-2H3,(H,13,14). The largest absolute Gasteiger partial charge is 0.308 e. The lowest BCUT2D eigenvalue weighted by molar-refractivity contribution is -0.384. The van der Waals surface area contributed by atoms with Crippen molar-refractivity contribution >= 4 is 27.4 Å².